The second-order valence-electron chi connectivity index (χ2n) is 6.41. The van der Waals surface area contributed by atoms with E-state index in [1.165, 1.54) is 16.7 Å². The number of aromatic nitrogens is 2. The molecule has 1 N–H and O–H groups in total. The zero-order valence-corrected chi connectivity index (χ0v) is 16.2. The number of hydrogen-bond acceptors (Lipinski definition) is 6. The number of carbonyl (C=O) groups excluding carboxylic acids is 1. The van der Waals surface area contributed by atoms with Gasteiger partial charge in [0.2, 0.25) is 5.88 Å². The van der Waals surface area contributed by atoms with E-state index in [9.17, 15) is 14.9 Å². The smallest absolute Gasteiger partial charge is 0.269 e. The first-order chi connectivity index (χ1) is 15.2. The summed E-state index contributed by atoms with van der Waals surface area (Å²) in [5.74, 6) is 0.340. The minimum atomic E-state index is -0.651. The Bertz CT molecular complexity index is 1350. The monoisotopic (exact) mass is 412 g/mol. The van der Waals surface area contributed by atoms with Crippen molar-refractivity contribution in [3.63, 3.8) is 0 Å². The summed E-state index contributed by atoms with van der Waals surface area (Å²) in [4.78, 5) is 30.0. The number of fused-ring (bicyclic) bond motifs is 1. The number of hydrogen-bond donors (Lipinski definition) is 1. The molecule has 8 heteroatoms. The fourth-order valence-corrected chi connectivity index (χ4v) is 2.85. The Morgan fingerprint density at radius 2 is 1.97 bits per heavy atom. The first kappa shape index (κ1) is 19.7. The molecular formula is C23H16N4O4. The summed E-state index contributed by atoms with van der Waals surface area (Å²) in [6, 6.07) is 19.1. The molecule has 1 amide bonds. The molecule has 4 aromatic rings. The van der Waals surface area contributed by atoms with Gasteiger partial charge in [-0.2, -0.15) is 10.2 Å². The number of para-hydroxylation sites is 1. The van der Waals surface area contributed by atoms with Crippen LogP contribution < -0.4 is 15.6 Å². The highest BCUT2D eigenvalue weighted by molar-refractivity contribution is 6.01. The topological polar surface area (TPSA) is 110 Å². The number of furan rings is 1. The summed E-state index contributed by atoms with van der Waals surface area (Å²) in [5, 5.41) is 12.1. The van der Waals surface area contributed by atoms with Gasteiger partial charge in [-0.15, -0.1) is 0 Å². The van der Waals surface area contributed by atoms with Crippen molar-refractivity contribution in [2.24, 2.45) is 0 Å². The third kappa shape index (κ3) is 4.36. The molecule has 3 heterocycles. The molecule has 4 rings (SSSR count). The number of rotatable bonds is 6. The molecule has 0 aliphatic heterocycles. The first-order valence-corrected chi connectivity index (χ1v) is 9.32. The summed E-state index contributed by atoms with van der Waals surface area (Å²) in [6.07, 6.45) is 4.22. The highest BCUT2D eigenvalue weighted by Gasteiger charge is 2.17. The van der Waals surface area contributed by atoms with E-state index in [1.54, 1.807) is 60.8 Å². The first-order valence-electron chi connectivity index (χ1n) is 9.32. The largest absolute Gasteiger partial charge is 0.467 e. The molecule has 0 saturated carbocycles. The molecule has 152 valence electrons. The number of ether oxygens (including phenoxy) is 1. The van der Waals surface area contributed by atoms with Gasteiger partial charge in [-0.05, 0) is 42.5 Å². The second kappa shape index (κ2) is 8.80. The molecule has 0 fully saturated rings. The molecule has 31 heavy (non-hydrogen) atoms. The predicted octanol–water partition coefficient (Wildman–Crippen LogP) is 3.30. The maximum atomic E-state index is 13.1. The van der Waals surface area contributed by atoms with Crippen molar-refractivity contribution in [3.8, 4) is 17.7 Å². The molecule has 8 nitrogen and oxygen atoms in total. The fraction of sp³-hybridized carbons (Fsp3) is 0.0435. The Morgan fingerprint density at radius 1 is 1.16 bits per heavy atom. The Balaban J connectivity index is 1.75. The standard InChI is InChI=1S/C23H16N4O4/c24-14-16(21(28)25-15-18-9-6-12-30-18)13-19-22(31-17-7-2-1-3-8-17)26-20-10-4-5-11-27(20)23(19)29/h1-13H,15H2,(H,25,28). The minimum absolute atomic E-state index is 0.00557. The molecule has 0 bridgehead atoms. The summed E-state index contributed by atoms with van der Waals surface area (Å²) >= 11 is 0. The van der Waals surface area contributed by atoms with Crippen molar-refractivity contribution >= 4 is 17.6 Å². The molecule has 0 saturated heterocycles. The zero-order valence-electron chi connectivity index (χ0n) is 16.2. The van der Waals surface area contributed by atoms with Crippen molar-refractivity contribution in [2.45, 2.75) is 6.54 Å². The van der Waals surface area contributed by atoms with Crippen LogP contribution in [0.25, 0.3) is 11.7 Å². The lowest BCUT2D eigenvalue weighted by atomic mass is 10.1. The van der Waals surface area contributed by atoms with E-state index in [2.05, 4.69) is 10.3 Å². The molecular weight excluding hydrogens is 396 g/mol. The molecule has 0 aliphatic rings. The van der Waals surface area contributed by atoms with Crippen LogP contribution in [-0.2, 0) is 11.3 Å². The number of nitrogens with one attached hydrogen (secondary N) is 1. The van der Waals surface area contributed by atoms with Crippen molar-refractivity contribution in [1.29, 1.82) is 5.26 Å². The van der Waals surface area contributed by atoms with Gasteiger partial charge < -0.3 is 14.5 Å². The average molecular weight is 412 g/mol. The second-order valence-corrected chi connectivity index (χ2v) is 6.41. The van der Waals surface area contributed by atoms with Gasteiger partial charge in [0.1, 0.15) is 34.4 Å². The highest BCUT2D eigenvalue weighted by atomic mass is 16.5. The van der Waals surface area contributed by atoms with Crippen LogP contribution in [0.2, 0.25) is 0 Å². The summed E-state index contributed by atoms with van der Waals surface area (Å²) < 4.78 is 12.3. The van der Waals surface area contributed by atoms with Crippen molar-refractivity contribution in [3.05, 3.63) is 100 Å². The van der Waals surface area contributed by atoms with Gasteiger partial charge in [0.15, 0.2) is 0 Å². The Morgan fingerprint density at radius 3 is 2.71 bits per heavy atom. The van der Waals surface area contributed by atoms with Crippen LogP contribution in [0.5, 0.6) is 11.6 Å². The molecule has 0 radical (unpaired) electrons. The highest BCUT2D eigenvalue weighted by Crippen LogP contribution is 2.23. The van der Waals surface area contributed by atoms with Crippen molar-refractivity contribution < 1.29 is 13.9 Å². The Hall–Kier alpha value is -4.64. The Kier molecular flexibility index (Phi) is 5.58. The maximum Gasteiger partial charge on any atom is 0.269 e. The van der Waals surface area contributed by atoms with Crippen LogP contribution in [0.15, 0.2) is 87.9 Å². The van der Waals surface area contributed by atoms with Crippen LogP contribution >= 0.6 is 0 Å². The van der Waals surface area contributed by atoms with E-state index in [1.807, 2.05) is 12.1 Å². The summed E-state index contributed by atoms with van der Waals surface area (Å²) in [5.41, 5.74) is -0.379. The van der Waals surface area contributed by atoms with E-state index >= 15 is 0 Å². The lowest BCUT2D eigenvalue weighted by Gasteiger charge is -2.10. The third-order valence-electron chi connectivity index (χ3n) is 4.35. The third-order valence-corrected chi connectivity index (χ3v) is 4.35. The quantitative estimate of drug-likeness (QED) is 0.384. The Labute approximate surface area is 176 Å². The van der Waals surface area contributed by atoms with Crippen LogP contribution in [0, 0.1) is 11.3 Å². The number of nitriles is 1. The number of amides is 1. The van der Waals surface area contributed by atoms with Crippen molar-refractivity contribution in [1.82, 2.24) is 14.7 Å². The fourth-order valence-electron chi connectivity index (χ4n) is 2.85. The lowest BCUT2D eigenvalue weighted by Crippen LogP contribution is -2.24. The number of nitrogens with zero attached hydrogens (tertiary/aromatic N) is 3. The van der Waals surface area contributed by atoms with Crippen LogP contribution in [0.4, 0.5) is 0 Å². The van der Waals surface area contributed by atoms with E-state index in [4.69, 9.17) is 9.15 Å². The average Bonchev–Trinajstić information content (AvgIpc) is 3.32. The molecule has 0 aliphatic carbocycles. The van der Waals surface area contributed by atoms with Gasteiger partial charge in [0, 0.05) is 6.20 Å². The number of benzene rings is 1. The van der Waals surface area contributed by atoms with Crippen LogP contribution in [0.1, 0.15) is 11.3 Å². The van der Waals surface area contributed by atoms with E-state index in [0.29, 0.717) is 17.2 Å². The van der Waals surface area contributed by atoms with E-state index in [-0.39, 0.29) is 23.6 Å². The normalized spacial score (nSPS) is 11.1. The lowest BCUT2D eigenvalue weighted by molar-refractivity contribution is -0.117. The number of carbonyl (C=O) groups is 1. The van der Waals surface area contributed by atoms with Gasteiger partial charge >= 0.3 is 0 Å². The molecule has 3 aromatic heterocycles. The maximum absolute atomic E-state index is 13.1. The van der Waals surface area contributed by atoms with E-state index in [0.717, 1.165) is 0 Å². The van der Waals surface area contributed by atoms with Gasteiger partial charge in [0.25, 0.3) is 11.5 Å². The predicted molar refractivity (Wildman–Crippen MR) is 112 cm³/mol. The molecule has 1 aromatic carbocycles. The van der Waals surface area contributed by atoms with E-state index < -0.39 is 11.5 Å². The van der Waals surface area contributed by atoms with Gasteiger partial charge in [-0.3, -0.25) is 14.0 Å². The minimum Gasteiger partial charge on any atom is -0.467 e. The van der Waals surface area contributed by atoms with Crippen LogP contribution in [-0.4, -0.2) is 15.3 Å². The summed E-state index contributed by atoms with van der Waals surface area (Å²) in [6.45, 7) is 0.104. The number of pyridine rings is 1. The molecule has 0 atom stereocenters. The molecule has 0 spiro atoms. The SMILES string of the molecule is N#CC(=Cc1c(Oc2ccccc2)nc2ccccn2c1=O)C(=O)NCc1ccco1. The summed E-state index contributed by atoms with van der Waals surface area (Å²) in [7, 11) is 0. The van der Waals surface area contributed by atoms with Gasteiger partial charge in [0.05, 0.1) is 12.8 Å². The van der Waals surface area contributed by atoms with Gasteiger partial charge in [-0.25, -0.2) is 0 Å². The van der Waals surface area contributed by atoms with Gasteiger partial charge in [-0.1, -0.05) is 24.3 Å². The van der Waals surface area contributed by atoms with Crippen molar-refractivity contribution in [2.75, 3.05) is 0 Å². The zero-order chi connectivity index (χ0) is 21.6. The van der Waals surface area contributed by atoms with Crippen LogP contribution in [0.3, 0.4) is 0 Å². The molecule has 0 unspecified atom stereocenters.